The van der Waals surface area contributed by atoms with E-state index in [4.69, 9.17) is 16.3 Å². The van der Waals surface area contributed by atoms with Crippen molar-refractivity contribution in [1.82, 2.24) is 19.1 Å². The molecule has 306 valence electrons. The first kappa shape index (κ1) is 41.2. The number of nitrogens with zero attached hydrogens (tertiary/aromatic N) is 5. The highest BCUT2D eigenvalue weighted by Crippen LogP contribution is 2.36. The van der Waals surface area contributed by atoms with Crippen molar-refractivity contribution in [3.8, 4) is 22.6 Å². The molecule has 0 unspecified atom stereocenters. The fourth-order valence-corrected chi connectivity index (χ4v) is 8.38. The van der Waals surface area contributed by atoms with E-state index in [2.05, 4.69) is 38.0 Å². The van der Waals surface area contributed by atoms with Crippen LogP contribution in [0, 0.1) is 10.1 Å². The Hall–Kier alpha value is -5.93. The number of sulfonamides is 1. The Morgan fingerprint density at radius 3 is 2.41 bits per heavy atom. The normalized spacial score (nSPS) is 13.5. The van der Waals surface area contributed by atoms with Crippen LogP contribution < -0.4 is 19.7 Å². The summed E-state index contributed by atoms with van der Waals surface area (Å²) in [6.07, 6.45) is 2.63. The molecule has 0 radical (unpaired) electrons. The average molecular weight is 836 g/mol. The first-order chi connectivity index (χ1) is 28.4. The first-order valence-corrected chi connectivity index (χ1v) is 21.1. The summed E-state index contributed by atoms with van der Waals surface area (Å²) in [7, 11) is 1.24. The van der Waals surface area contributed by atoms with E-state index < -0.39 is 31.4 Å². The molecule has 2 heterocycles. The van der Waals surface area contributed by atoms with Crippen molar-refractivity contribution in [2.75, 3.05) is 63.6 Å². The van der Waals surface area contributed by atoms with Crippen LogP contribution in [0.4, 0.5) is 17.1 Å². The largest absolute Gasteiger partial charge is 0.456 e. The van der Waals surface area contributed by atoms with Gasteiger partial charge in [-0.25, -0.2) is 13.1 Å². The summed E-state index contributed by atoms with van der Waals surface area (Å²) in [6, 6.07) is 32.4. The molecule has 1 amide bonds. The molecule has 15 heteroatoms. The van der Waals surface area contributed by atoms with Gasteiger partial charge >= 0.3 is 0 Å². The zero-order chi connectivity index (χ0) is 41.7. The van der Waals surface area contributed by atoms with Crippen LogP contribution in [-0.2, 0) is 23.6 Å². The molecule has 2 N–H and O–H groups in total. The van der Waals surface area contributed by atoms with Crippen molar-refractivity contribution in [3.05, 3.63) is 142 Å². The van der Waals surface area contributed by atoms with Gasteiger partial charge in [-0.3, -0.25) is 19.8 Å². The maximum atomic E-state index is 13.9. The molecular weight excluding hydrogens is 790 g/mol. The second-order valence-electron chi connectivity index (χ2n) is 14.8. The summed E-state index contributed by atoms with van der Waals surface area (Å²) in [6.45, 7) is 4.97. The molecule has 0 atom stereocenters. The summed E-state index contributed by atoms with van der Waals surface area (Å²) >= 11 is 6.16. The molecule has 0 spiro atoms. The van der Waals surface area contributed by atoms with Gasteiger partial charge in [0.15, 0.2) is 0 Å². The number of nitro groups is 1. The molecule has 1 aliphatic rings. The van der Waals surface area contributed by atoms with E-state index >= 15 is 0 Å². The number of amides is 1. The molecule has 1 aromatic heterocycles. The lowest BCUT2D eigenvalue weighted by atomic mass is 9.99. The van der Waals surface area contributed by atoms with Gasteiger partial charge in [-0.05, 0) is 98.3 Å². The van der Waals surface area contributed by atoms with Crippen LogP contribution in [0.5, 0.6) is 11.5 Å². The van der Waals surface area contributed by atoms with Gasteiger partial charge < -0.3 is 24.4 Å². The fourth-order valence-electron chi connectivity index (χ4n) is 7.27. The fraction of sp³-hybridized carbons (Fsp3) is 0.250. The number of hydrogen-bond donors (Lipinski definition) is 2. The van der Waals surface area contributed by atoms with E-state index in [0.717, 1.165) is 66.4 Å². The highest BCUT2D eigenvalue weighted by atomic mass is 35.5. The predicted octanol–water partition coefficient (Wildman–Crippen LogP) is 8.00. The topological polar surface area (TPSA) is 142 Å². The monoisotopic (exact) mass is 835 g/mol. The lowest BCUT2D eigenvalue weighted by molar-refractivity contribution is -0.384. The maximum Gasteiger partial charge on any atom is 0.293 e. The standard InChI is InChI=1S/C44H46ClN7O6S/c1-48(2)22-7-21-46-39-19-17-35(29-41(39)52(54)55)59(56,57)47-44(53)38-18-16-34(28-43(38)58-42-11-6-10-40-37(42)20-23-49(40)3)51-26-24-50(25-27-51)30-32-8-4-5-9-36(32)31-12-14-33(45)15-13-31/h4-6,8-20,23,28-29,46H,7,21-22,24-27,30H2,1-3H3,(H,47,53). The number of anilines is 2. The molecule has 7 rings (SSSR count). The van der Waals surface area contributed by atoms with Crippen molar-refractivity contribution in [2.24, 2.45) is 7.05 Å². The lowest BCUT2D eigenvalue weighted by Gasteiger charge is -2.36. The quantitative estimate of drug-likeness (QED) is 0.0594. The maximum absolute atomic E-state index is 13.9. The van der Waals surface area contributed by atoms with Crippen molar-refractivity contribution in [3.63, 3.8) is 0 Å². The van der Waals surface area contributed by atoms with Crippen LogP contribution in [0.15, 0.2) is 120 Å². The molecule has 6 aromatic rings. The summed E-state index contributed by atoms with van der Waals surface area (Å²) < 4.78 is 37.8. The number of carbonyl (C=O) groups is 1. The van der Waals surface area contributed by atoms with E-state index in [1.54, 1.807) is 24.3 Å². The molecule has 13 nitrogen and oxygen atoms in total. The zero-order valence-electron chi connectivity index (χ0n) is 33.1. The van der Waals surface area contributed by atoms with E-state index in [1.165, 1.54) is 17.7 Å². The molecule has 1 fully saturated rings. The number of ether oxygens (including phenoxy) is 1. The Morgan fingerprint density at radius 1 is 0.898 bits per heavy atom. The number of piperazine rings is 1. The number of carbonyl (C=O) groups excluding carboxylic acids is 1. The van der Waals surface area contributed by atoms with Crippen LogP contribution in [0.2, 0.25) is 5.02 Å². The zero-order valence-corrected chi connectivity index (χ0v) is 34.7. The summed E-state index contributed by atoms with van der Waals surface area (Å²) in [5.74, 6) is -0.288. The number of nitrogens with one attached hydrogen (secondary N) is 2. The highest BCUT2D eigenvalue weighted by molar-refractivity contribution is 7.90. The van der Waals surface area contributed by atoms with Gasteiger partial charge in [0.2, 0.25) is 0 Å². The second kappa shape index (κ2) is 17.9. The number of fused-ring (bicyclic) bond motifs is 1. The van der Waals surface area contributed by atoms with Gasteiger partial charge in [0, 0.05) is 80.7 Å². The first-order valence-electron chi connectivity index (χ1n) is 19.3. The third kappa shape index (κ3) is 9.69. The summed E-state index contributed by atoms with van der Waals surface area (Å²) in [4.78, 5) is 31.5. The molecule has 5 aromatic carbocycles. The van der Waals surface area contributed by atoms with Gasteiger partial charge in [0.05, 0.1) is 20.9 Å². The van der Waals surface area contributed by atoms with E-state index in [9.17, 15) is 23.3 Å². The Bertz CT molecular complexity index is 2590. The Morgan fingerprint density at radius 2 is 1.66 bits per heavy atom. The third-order valence-corrected chi connectivity index (χ3v) is 12.0. The number of rotatable bonds is 15. The number of benzene rings is 5. The molecule has 1 aliphatic heterocycles. The minimum absolute atomic E-state index is 0.0172. The van der Waals surface area contributed by atoms with E-state index in [0.29, 0.717) is 30.4 Å². The minimum atomic E-state index is -4.54. The second-order valence-corrected chi connectivity index (χ2v) is 16.9. The molecule has 59 heavy (non-hydrogen) atoms. The van der Waals surface area contributed by atoms with Crippen LogP contribution in [0.1, 0.15) is 22.3 Å². The molecule has 0 bridgehead atoms. The van der Waals surface area contributed by atoms with Crippen LogP contribution in [0.25, 0.3) is 22.0 Å². The van der Waals surface area contributed by atoms with E-state index in [-0.39, 0.29) is 17.0 Å². The Labute approximate surface area is 349 Å². The number of hydrogen-bond acceptors (Lipinski definition) is 10. The number of halogens is 1. The smallest absolute Gasteiger partial charge is 0.293 e. The minimum Gasteiger partial charge on any atom is -0.456 e. The summed E-state index contributed by atoms with van der Waals surface area (Å²) in [5, 5.41) is 16.5. The summed E-state index contributed by atoms with van der Waals surface area (Å²) in [5.41, 5.74) is 4.97. The Kier molecular flexibility index (Phi) is 12.5. The van der Waals surface area contributed by atoms with Crippen LogP contribution >= 0.6 is 11.6 Å². The number of aryl methyl sites for hydroxylation is 1. The van der Waals surface area contributed by atoms with Crippen molar-refractivity contribution < 1.29 is 22.9 Å². The van der Waals surface area contributed by atoms with Crippen LogP contribution in [-0.4, -0.2) is 87.0 Å². The SMILES string of the molecule is CN(C)CCCNc1ccc(S(=O)(=O)NC(=O)c2ccc(N3CCN(Cc4ccccc4-c4ccc(Cl)cc4)CC3)cc2Oc2cccc3c2ccn3C)cc1[N+](=O)[O-]. The van der Waals surface area contributed by atoms with Gasteiger partial charge in [-0.2, -0.15) is 0 Å². The van der Waals surface area contributed by atoms with Crippen molar-refractivity contribution in [2.45, 2.75) is 17.9 Å². The van der Waals surface area contributed by atoms with Gasteiger partial charge in [-0.1, -0.05) is 54.1 Å². The van der Waals surface area contributed by atoms with Crippen LogP contribution in [0.3, 0.4) is 0 Å². The van der Waals surface area contributed by atoms with Gasteiger partial charge in [0.1, 0.15) is 17.2 Å². The van der Waals surface area contributed by atoms with Gasteiger partial charge in [-0.15, -0.1) is 0 Å². The average Bonchev–Trinajstić information content (AvgIpc) is 3.61. The number of aromatic nitrogens is 1. The molecule has 0 aliphatic carbocycles. The van der Waals surface area contributed by atoms with E-state index in [1.807, 2.05) is 85.3 Å². The van der Waals surface area contributed by atoms with Gasteiger partial charge in [0.25, 0.3) is 21.6 Å². The lowest BCUT2D eigenvalue weighted by Crippen LogP contribution is -2.46. The van der Waals surface area contributed by atoms with Crippen molar-refractivity contribution >= 4 is 55.5 Å². The molecule has 0 saturated carbocycles. The Balaban J connectivity index is 1.11. The molecule has 1 saturated heterocycles. The highest BCUT2D eigenvalue weighted by Gasteiger charge is 2.27. The molecular formula is C44H46ClN7O6S. The van der Waals surface area contributed by atoms with Crippen molar-refractivity contribution in [1.29, 1.82) is 0 Å². The number of nitro benzene ring substituents is 1. The predicted molar refractivity (Wildman–Crippen MR) is 233 cm³/mol. The third-order valence-electron chi connectivity index (χ3n) is 10.4.